The molecular weight excluding hydrogens is 736 g/mol. The Labute approximate surface area is 338 Å². The van der Waals surface area contributed by atoms with Crippen LogP contribution >= 0.6 is 0 Å². The monoisotopic (exact) mass is 769 g/mol. The van der Waals surface area contributed by atoms with E-state index in [-0.39, 0.29) is 0 Å². The first-order valence-corrected chi connectivity index (χ1v) is 19.6. The minimum atomic E-state index is -4.45. The quantitative estimate of drug-likeness (QED) is 0.163. The van der Waals surface area contributed by atoms with Crippen molar-refractivity contribution in [3.05, 3.63) is 234 Å². The molecule has 0 atom stereocenters. The van der Waals surface area contributed by atoms with E-state index < -0.39 is 17.2 Å². The van der Waals surface area contributed by atoms with Gasteiger partial charge in [0, 0.05) is 27.7 Å². The van der Waals surface area contributed by atoms with E-state index in [4.69, 9.17) is 4.98 Å². The first kappa shape index (κ1) is 34.8. The highest BCUT2D eigenvalue weighted by molar-refractivity contribution is 6.24. The minimum Gasteiger partial charge on any atom is -0.310 e. The van der Waals surface area contributed by atoms with E-state index in [1.54, 1.807) is 12.1 Å². The summed E-state index contributed by atoms with van der Waals surface area (Å²) in [7, 11) is 0. The number of fused-ring (bicyclic) bond motifs is 8. The van der Waals surface area contributed by atoms with Crippen LogP contribution in [-0.2, 0) is 11.6 Å². The lowest BCUT2D eigenvalue weighted by molar-refractivity contribution is -0.137. The van der Waals surface area contributed by atoms with E-state index >= 15 is 0 Å². The zero-order valence-corrected chi connectivity index (χ0v) is 31.6. The minimum absolute atomic E-state index is 0.579. The van der Waals surface area contributed by atoms with Crippen molar-refractivity contribution in [2.24, 2.45) is 0 Å². The van der Waals surface area contributed by atoms with Crippen LogP contribution < -0.4 is 4.90 Å². The van der Waals surface area contributed by atoms with Gasteiger partial charge < -0.3 is 4.90 Å². The average Bonchev–Trinajstić information content (AvgIpc) is 3.70. The molecule has 282 valence electrons. The largest absolute Gasteiger partial charge is 0.416 e. The number of alkyl halides is 3. The molecule has 0 amide bonds. The van der Waals surface area contributed by atoms with Gasteiger partial charge in [0.2, 0.25) is 0 Å². The normalized spacial score (nSPS) is 13.4. The zero-order chi connectivity index (χ0) is 39.7. The predicted molar refractivity (Wildman–Crippen MR) is 233 cm³/mol. The second-order valence-electron chi connectivity index (χ2n) is 15.0. The lowest BCUT2D eigenvalue weighted by Crippen LogP contribution is -2.37. The van der Waals surface area contributed by atoms with Gasteiger partial charge in [0.05, 0.1) is 33.4 Å². The van der Waals surface area contributed by atoms with Crippen molar-refractivity contribution in [3.8, 4) is 17.1 Å². The molecular formula is C53H34F3N3. The number of hydrogen-bond donors (Lipinski definition) is 0. The summed E-state index contributed by atoms with van der Waals surface area (Å²) in [6.45, 7) is 0. The molecule has 1 aliphatic rings. The van der Waals surface area contributed by atoms with Crippen LogP contribution in [0.15, 0.2) is 206 Å². The SMILES string of the molecule is FC(F)(F)c1ccc(-n2c(-c3ccc(N4c5ccccc5C(c5ccccc5)(c5ccccc5)c5ccccc54)cc3)nc3c4ccccc4c4ccccc4c32)cc1. The van der Waals surface area contributed by atoms with E-state index in [9.17, 15) is 13.2 Å². The van der Waals surface area contributed by atoms with E-state index in [2.05, 4.69) is 163 Å². The Bertz CT molecular complexity index is 3100. The van der Waals surface area contributed by atoms with Gasteiger partial charge in [-0.1, -0.05) is 146 Å². The number of aromatic nitrogens is 2. The first-order chi connectivity index (χ1) is 28.9. The molecule has 10 aromatic rings. The lowest BCUT2D eigenvalue weighted by Gasteiger charge is -2.46. The summed E-state index contributed by atoms with van der Waals surface area (Å²) in [5.41, 5.74) is 9.60. The molecule has 0 fully saturated rings. The van der Waals surface area contributed by atoms with Crippen LogP contribution in [0.25, 0.3) is 49.7 Å². The summed E-state index contributed by atoms with van der Waals surface area (Å²) in [6, 6.07) is 68.9. The third-order valence-electron chi connectivity index (χ3n) is 11.9. The van der Waals surface area contributed by atoms with Gasteiger partial charge in [-0.15, -0.1) is 0 Å². The summed E-state index contributed by atoms with van der Waals surface area (Å²) >= 11 is 0. The van der Waals surface area contributed by atoms with Crippen molar-refractivity contribution in [2.45, 2.75) is 11.6 Å². The number of para-hydroxylation sites is 2. The highest BCUT2D eigenvalue weighted by Crippen LogP contribution is 2.57. The lowest BCUT2D eigenvalue weighted by atomic mass is 9.62. The Morgan fingerprint density at radius 3 is 1.44 bits per heavy atom. The smallest absolute Gasteiger partial charge is 0.310 e. The van der Waals surface area contributed by atoms with Crippen LogP contribution in [0, 0.1) is 0 Å². The third kappa shape index (κ3) is 5.26. The summed E-state index contributed by atoms with van der Waals surface area (Å²) in [4.78, 5) is 7.67. The molecule has 0 unspecified atom stereocenters. The molecule has 0 radical (unpaired) electrons. The van der Waals surface area contributed by atoms with Crippen LogP contribution in [0.4, 0.5) is 30.2 Å². The predicted octanol–water partition coefficient (Wildman–Crippen LogP) is 14.2. The van der Waals surface area contributed by atoms with Gasteiger partial charge in [-0.2, -0.15) is 13.2 Å². The Morgan fingerprint density at radius 2 is 0.881 bits per heavy atom. The molecule has 0 saturated carbocycles. The summed E-state index contributed by atoms with van der Waals surface area (Å²) in [6.07, 6.45) is -4.45. The molecule has 0 bridgehead atoms. The second-order valence-corrected chi connectivity index (χ2v) is 15.0. The number of benzene rings is 9. The number of halogens is 3. The molecule has 11 rings (SSSR count). The van der Waals surface area contributed by atoms with Crippen LogP contribution in [-0.4, -0.2) is 9.55 Å². The van der Waals surface area contributed by atoms with Gasteiger partial charge in [0.1, 0.15) is 5.82 Å². The fourth-order valence-electron chi connectivity index (χ4n) is 9.40. The van der Waals surface area contributed by atoms with Crippen molar-refractivity contribution in [1.82, 2.24) is 9.55 Å². The maximum Gasteiger partial charge on any atom is 0.416 e. The number of rotatable bonds is 5. The van der Waals surface area contributed by atoms with E-state index in [1.807, 2.05) is 28.8 Å². The fourth-order valence-corrected chi connectivity index (χ4v) is 9.40. The maximum absolute atomic E-state index is 13.8. The van der Waals surface area contributed by atoms with Crippen molar-refractivity contribution in [1.29, 1.82) is 0 Å². The Hall–Kier alpha value is -7.44. The van der Waals surface area contributed by atoms with Crippen LogP contribution in [0.3, 0.4) is 0 Å². The average molecular weight is 770 g/mol. The van der Waals surface area contributed by atoms with Crippen LogP contribution in [0.1, 0.15) is 27.8 Å². The molecule has 1 aliphatic heterocycles. The number of nitrogens with zero attached hydrogens (tertiary/aromatic N) is 3. The molecule has 2 heterocycles. The Balaban J connectivity index is 1.12. The van der Waals surface area contributed by atoms with Gasteiger partial charge >= 0.3 is 6.18 Å². The van der Waals surface area contributed by atoms with E-state index in [0.29, 0.717) is 11.5 Å². The van der Waals surface area contributed by atoms with E-state index in [1.165, 1.54) is 22.3 Å². The fraction of sp³-hybridized carbons (Fsp3) is 0.0377. The third-order valence-corrected chi connectivity index (χ3v) is 11.9. The van der Waals surface area contributed by atoms with Crippen LogP contribution in [0.2, 0.25) is 0 Å². The highest BCUT2D eigenvalue weighted by Gasteiger charge is 2.46. The van der Waals surface area contributed by atoms with Crippen LogP contribution in [0.5, 0.6) is 0 Å². The highest BCUT2D eigenvalue weighted by atomic mass is 19.4. The molecule has 3 nitrogen and oxygen atoms in total. The molecule has 59 heavy (non-hydrogen) atoms. The number of anilines is 3. The summed E-state index contributed by atoms with van der Waals surface area (Å²) in [5.74, 6) is 0.638. The molecule has 0 aliphatic carbocycles. The zero-order valence-electron chi connectivity index (χ0n) is 31.6. The van der Waals surface area contributed by atoms with Crippen molar-refractivity contribution < 1.29 is 13.2 Å². The summed E-state index contributed by atoms with van der Waals surface area (Å²) in [5, 5.41) is 4.07. The van der Waals surface area contributed by atoms with Crippen molar-refractivity contribution in [3.63, 3.8) is 0 Å². The van der Waals surface area contributed by atoms with Crippen molar-refractivity contribution in [2.75, 3.05) is 4.90 Å². The topological polar surface area (TPSA) is 21.1 Å². The summed E-state index contributed by atoms with van der Waals surface area (Å²) < 4.78 is 43.4. The van der Waals surface area contributed by atoms with Gasteiger partial charge in [0.15, 0.2) is 0 Å². The first-order valence-electron chi connectivity index (χ1n) is 19.6. The molecule has 0 spiro atoms. The second kappa shape index (κ2) is 13.3. The number of imidazole rings is 1. The molecule has 0 N–H and O–H groups in total. The van der Waals surface area contributed by atoms with Crippen molar-refractivity contribution >= 4 is 49.6 Å². The van der Waals surface area contributed by atoms with Gasteiger partial charge in [0.25, 0.3) is 0 Å². The maximum atomic E-state index is 13.8. The van der Waals surface area contributed by atoms with Gasteiger partial charge in [-0.3, -0.25) is 4.57 Å². The molecule has 1 aromatic heterocycles. The Kier molecular flexibility index (Phi) is 7.85. The van der Waals surface area contributed by atoms with Gasteiger partial charge in [-0.05, 0) is 93.7 Å². The standard InChI is InChI=1S/C53H34F3N3/c54-53(55,56)38-29-33-40(34-30-38)59-50-44-22-10-8-20-42(44)41-19-7-9-21-43(41)49(50)57-51(59)35-27-31-39(32-28-35)58-47-25-13-11-23-45(47)52(36-15-3-1-4-16-36,37-17-5-2-6-18-37)46-24-12-14-26-48(46)58/h1-34H. The number of hydrogen-bond acceptors (Lipinski definition) is 2. The van der Waals surface area contributed by atoms with E-state index in [0.717, 1.165) is 67.3 Å². The molecule has 6 heteroatoms. The Morgan fingerprint density at radius 1 is 0.424 bits per heavy atom. The molecule has 0 saturated heterocycles. The molecule has 9 aromatic carbocycles. The van der Waals surface area contributed by atoms with Gasteiger partial charge in [-0.25, -0.2) is 4.98 Å².